The van der Waals surface area contributed by atoms with Gasteiger partial charge in [-0.3, -0.25) is 4.79 Å². The number of carboxylic acids is 1. The zero-order valence-corrected chi connectivity index (χ0v) is 23.8. The molecule has 0 aliphatic carbocycles. The fraction of sp³-hybridized carbons (Fsp3) is 0.667. The van der Waals surface area contributed by atoms with Crippen molar-refractivity contribution in [3.8, 4) is 0 Å². The third-order valence-corrected chi connectivity index (χ3v) is 8.41. The van der Waals surface area contributed by atoms with Crippen LogP contribution < -0.4 is 15.6 Å². The van der Waals surface area contributed by atoms with Crippen molar-refractivity contribution >= 4 is 22.6 Å². The number of hydrogen-bond acceptors (Lipinski definition) is 7. The summed E-state index contributed by atoms with van der Waals surface area (Å²) in [7, 11) is 1.56. The van der Waals surface area contributed by atoms with Crippen molar-refractivity contribution in [3.63, 3.8) is 0 Å². The number of carboxylic acid groups (broad SMARTS) is 1. The summed E-state index contributed by atoms with van der Waals surface area (Å²) in [4.78, 5) is 26.7. The monoisotopic (exact) mass is 561 g/mol. The fourth-order valence-electron chi connectivity index (χ4n) is 5.91. The summed E-state index contributed by atoms with van der Waals surface area (Å²) in [5.41, 5.74) is -0.107. The van der Waals surface area contributed by atoms with E-state index in [1.807, 2.05) is 0 Å². The highest BCUT2D eigenvalue weighted by molar-refractivity contribution is 5.93. The molecular weight excluding hydrogens is 517 g/mol. The molecule has 2 N–H and O–H groups in total. The average molecular weight is 562 g/mol. The number of nitrogens with zero attached hydrogens (tertiary/aromatic N) is 2. The van der Waals surface area contributed by atoms with Crippen molar-refractivity contribution in [2.24, 2.45) is 11.8 Å². The first-order valence-corrected chi connectivity index (χ1v) is 14.6. The number of rotatable bonds is 14. The van der Waals surface area contributed by atoms with Crippen LogP contribution in [0.15, 0.2) is 23.1 Å². The largest absolute Gasteiger partial charge is 0.477 e. The third-order valence-electron chi connectivity index (χ3n) is 8.41. The summed E-state index contributed by atoms with van der Waals surface area (Å²) < 4.78 is 33.1. The van der Waals surface area contributed by atoms with Crippen LogP contribution in [0.4, 0.5) is 10.1 Å². The number of aromatic nitrogens is 1. The Bertz CT molecular complexity index is 1170. The summed E-state index contributed by atoms with van der Waals surface area (Å²) in [6, 6.07) is 2.89. The van der Waals surface area contributed by atoms with Crippen LogP contribution >= 0.6 is 0 Å². The predicted molar refractivity (Wildman–Crippen MR) is 153 cm³/mol. The molecule has 2 aliphatic rings. The average Bonchev–Trinajstić information content (AvgIpc) is 2.96. The number of methoxy groups -OCH3 is 1. The van der Waals surface area contributed by atoms with Crippen molar-refractivity contribution in [1.29, 1.82) is 0 Å². The summed E-state index contributed by atoms with van der Waals surface area (Å²) in [5.74, 6) is -0.324. The van der Waals surface area contributed by atoms with Crippen LogP contribution in [-0.4, -0.2) is 75.0 Å². The normalized spacial score (nSPS) is 17.9. The summed E-state index contributed by atoms with van der Waals surface area (Å²) in [6.45, 7) is 6.87. The highest BCUT2D eigenvalue weighted by Crippen LogP contribution is 2.31. The fourth-order valence-corrected chi connectivity index (χ4v) is 5.91. The molecule has 9 nitrogen and oxygen atoms in total. The number of ether oxygens (including phenoxy) is 3. The van der Waals surface area contributed by atoms with Crippen molar-refractivity contribution in [2.75, 3.05) is 58.0 Å². The molecule has 2 aromatic rings. The third kappa shape index (κ3) is 8.02. The Hall–Kier alpha value is -2.53. The van der Waals surface area contributed by atoms with Gasteiger partial charge in [0.2, 0.25) is 5.43 Å². The van der Waals surface area contributed by atoms with E-state index in [9.17, 15) is 14.7 Å². The number of halogens is 1. The Labute approximate surface area is 235 Å². The molecular formula is C30H44FN3O6. The molecule has 40 heavy (non-hydrogen) atoms. The highest BCUT2D eigenvalue weighted by atomic mass is 19.1. The Balaban J connectivity index is 1.41. The predicted octanol–water partition coefficient (Wildman–Crippen LogP) is 4.25. The van der Waals surface area contributed by atoms with E-state index in [0.29, 0.717) is 36.9 Å². The minimum absolute atomic E-state index is 0.0613. The molecule has 1 unspecified atom stereocenters. The molecule has 222 valence electrons. The van der Waals surface area contributed by atoms with E-state index in [1.165, 1.54) is 44.4 Å². The van der Waals surface area contributed by atoms with E-state index < -0.39 is 17.2 Å². The van der Waals surface area contributed by atoms with E-state index in [4.69, 9.17) is 14.2 Å². The van der Waals surface area contributed by atoms with E-state index in [-0.39, 0.29) is 23.8 Å². The van der Waals surface area contributed by atoms with E-state index in [0.717, 1.165) is 44.9 Å². The number of aromatic carboxylic acids is 1. The molecule has 1 atom stereocenters. The van der Waals surface area contributed by atoms with Crippen LogP contribution in [0.25, 0.3) is 10.9 Å². The zero-order valence-electron chi connectivity index (χ0n) is 23.8. The quantitative estimate of drug-likeness (QED) is 0.261. The van der Waals surface area contributed by atoms with Crippen LogP contribution in [0.3, 0.4) is 0 Å². The molecule has 1 aromatic carbocycles. The topological polar surface area (TPSA) is 102 Å². The zero-order chi connectivity index (χ0) is 28.5. The van der Waals surface area contributed by atoms with E-state index in [2.05, 4.69) is 10.2 Å². The van der Waals surface area contributed by atoms with Gasteiger partial charge < -0.3 is 34.1 Å². The highest BCUT2D eigenvalue weighted by Gasteiger charge is 2.24. The minimum atomic E-state index is -1.34. The maximum atomic E-state index is 15.3. The second kappa shape index (κ2) is 14.9. The Kier molecular flexibility index (Phi) is 11.3. The molecule has 0 bridgehead atoms. The molecule has 0 radical (unpaired) electrons. The van der Waals surface area contributed by atoms with Crippen molar-refractivity contribution in [3.05, 3.63) is 39.9 Å². The number of pyridine rings is 1. The van der Waals surface area contributed by atoms with Gasteiger partial charge in [-0.05, 0) is 69.7 Å². The second-order valence-corrected chi connectivity index (χ2v) is 11.0. The van der Waals surface area contributed by atoms with Gasteiger partial charge in [-0.2, -0.15) is 0 Å². The number of nitrogens with one attached hydrogen (secondary N) is 1. The van der Waals surface area contributed by atoms with Crippen molar-refractivity contribution in [1.82, 2.24) is 9.88 Å². The molecule has 3 heterocycles. The number of hydrogen-bond donors (Lipinski definition) is 2. The number of anilines is 1. The summed E-state index contributed by atoms with van der Waals surface area (Å²) >= 11 is 0. The summed E-state index contributed by atoms with van der Waals surface area (Å²) in [6.07, 6.45) is 9.40. The lowest BCUT2D eigenvalue weighted by Crippen LogP contribution is -2.34. The van der Waals surface area contributed by atoms with Gasteiger partial charge in [-0.25, -0.2) is 9.18 Å². The standard InChI is InChI=1S/C30H44FN3O6/c1-21(38-2)40-17-16-39-15-14-34-20-25(30(36)37)29(35)24-18-26(31)28(19-27(24)34)33-12-8-23(9-13-33)5-3-4-22-6-10-32-11-7-22/h18-23,32H,3-17H2,1-2H3,(H,36,37). The molecule has 10 heteroatoms. The van der Waals surface area contributed by atoms with Crippen LogP contribution in [-0.2, 0) is 20.8 Å². The van der Waals surface area contributed by atoms with Gasteiger partial charge >= 0.3 is 5.97 Å². The first kappa shape index (κ1) is 30.4. The molecule has 4 rings (SSSR count). The van der Waals surface area contributed by atoms with Crippen LogP contribution in [0, 0.1) is 17.7 Å². The number of piperidine rings is 2. The van der Waals surface area contributed by atoms with Gasteiger partial charge in [0, 0.05) is 38.3 Å². The van der Waals surface area contributed by atoms with Crippen molar-refractivity contribution in [2.45, 2.75) is 64.7 Å². The van der Waals surface area contributed by atoms with Crippen molar-refractivity contribution < 1.29 is 28.5 Å². The molecule has 2 aliphatic heterocycles. The molecule has 2 saturated heterocycles. The van der Waals surface area contributed by atoms with Crippen LogP contribution in [0.2, 0.25) is 0 Å². The van der Waals surface area contributed by atoms with Gasteiger partial charge in [0.15, 0.2) is 6.29 Å². The van der Waals surface area contributed by atoms with Crippen LogP contribution in [0.5, 0.6) is 0 Å². The van der Waals surface area contributed by atoms with Gasteiger partial charge in [0.1, 0.15) is 11.4 Å². The summed E-state index contributed by atoms with van der Waals surface area (Å²) in [5, 5.41) is 13.1. The maximum Gasteiger partial charge on any atom is 0.341 e. The van der Waals surface area contributed by atoms with Gasteiger partial charge in [0.05, 0.1) is 31.0 Å². The van der Waals surface area contributed by atoms with E-state index >= 15 is 4.39 Å². The molecule has 2 fully saturated rings. The Morgan fingerprint density at radius 2 is 1.80 bits per heavy atom. The maximum absolute atomic E-state index is 15.3. The Morgan fingerprint density at radius 3 is 2.48 bits per heavy atom. The smallest absolute Gasteiger partial charge is 0.341 e. The van der Waals surface area contributed by atoms with Gasteiger partial charge in [-0.15, -0.1) is 0 Å². The molecule has 0 spiro atoms. The first-order valence-electron chi connectivity index (χ1n) is 14.6. The number of benzene rings is 1. The lowest BCUT2D eigenvalue weighted by molar-refractivity contribution is -0.121. The second-order valence-electron chi connectivity index (χ2n) is 11.0. The lowest BCUT2D eigenvalue weighted by Gasteiger charge is -2.34. The van der Waals surface area contributed by atoms with Gasteiger partial charge in [-0.1, -0.05) is 19.3 Å². The Morgan fingerprint density at radius 1 is 1.10 bits per heavy atom. The first-order chi connectivity index (χ1) is 19.4. The number of carbonyl (C=O) groups is 1. The molecule has 1 aromatic heterocycles. The van der Waals surface area contributed by atoms with Crippen LogP contribution in [0.1, 0.15) is 62.2 Å². The minimum Gasteiger partial charge on any atom is -0.477 e. The number of fused-ring (bicyclic) bond motifs is 1. The van der Waals surface area contributed by atoms with E-state index in [1.54, 1.807) is 24.7 Å². The molecule has 0 saturated carbocycles. The van der Waals surface area contributed by atoms with Gasteiger partial charge in [0.25, 0.3) is 0 Å². The molecule has 0 amide bonds. The lowest BCUT2D eigenvalue weighted by atomic mass is 9.87. The SMILES string of the molecule is COC(C)OCCOCCn1cc(C(=O)O)c(=O)c2cc(F)c(N3CCC(CCCC4CCNCC4)CC3)cc21.